The van der Waals surface area contributed by atoms with Gasteiger partial charge in [0.2, 0.25) is 5.52 Å². The monoisotopic (exact) mass is 230 g/mol. The minimum Gasteiger partial charge on any atom is -0.277 e. The summed E-state index contributed by atoms with van der Waals surface area (Å²) >= 11 is 1.06. The van der Waals surface area contributed by atoms with Gasteiger partial charge in [-0.05, 0) is 17.4 Å². The molecular weight excluding hydrogens is 222 g/mol. The summed E-state index contributed by atoms with van der Waals surface area (Å²) in [5, 5.41) is 0. The van der Waals surface area contributed by atoms with Crippen LogP contribution in [0.5, 0.6) is 0 Å². The summed E-state index contributed by atoms with van der Waals surface area (Å²) in [6.07, 6.45) is 0. The third kappa shape index (κ3) is 1.41. The van der Waals surface area contributed by atoms with E-state index in [1.54, 1.807) is 13.1 Å². The third-order valence-corrected chi connectivity index (χ3v) is 4.53. The highest BCUT2D eigenvalue weighted by atomic mass is 32.3. The largest absolute Gasteiger partial charge is 0.382 e. The molecule has 6 heteroatoms. The van der Waals surface area contributed by atoms with Crippen molar-refractivity contribution in [2.45, 2.75) is 4.34 Å². The van der Waals surface area contributed by atoms with E-state index >= 15 is 0 Å². The molecule has 0 saturated carbocycles. The van der Waals surface area contributed by atoms with Crippen LogP contribution in [0, 0.1) is 0 Å². The van der Waals surface area contributed by atoms with Gasteiger partial charge in [0.25, 0.3) is 0 Å². The van der Waals surface area contributed by atoms with Gasteiger partial charge in [-0.1, -0.05) is 12.1 Å². The second kappa shape index (κ2) is 3.01. The molecule has 0 bridgehead atoms. The van der Waals surface area contributed by atoms with Crippen LogP contribution in [0.3, 0.4) is 0 Å². The van der Waals surface area contributed by atoms with Crippen molar-refractivity contribution in [1.29, 1.82) is 0 Å². The molecule has 74 valence electrons. The Bertz CT molecular complexity index is 586. The quantitative estimate of drug-likeness (QED) is 0.586. The summed E-state index contributed by atoms with van der Waals surface area (Å²) in [6.45, 7) is 0. The van der Waals surface area contributed by atoms with E-state index in [-0.39, 0.29) is 4.34 Å². The van der Waals surface area contributed by atoms with Crippen LogP contribution < -0.4 is 4.57 Å². The van der Waals surface area contributed by atoms with E-state index in [0.717, 1.165) is 21.6 Å². The third-order valence-electron chi connectivity index (χ3n) is 1.92. The minimum absolute atomic E-state index is 0.0429. The van der Waals surface area contributed by atoms with Crippen molar-refractivity contribution in [3.8, 4) is 0 Å². The molecular formula is C8H8NO3S2+. The molecule has 0 atom stereocenters. The van der Waals surface area contributed by atoms with E-state index in [1.807, 2.05) is 18.2 Å². The smallest absolute Gasteiger partial charge is 0.277 e. The van der Waals surface area contributed by atoms with Gasteiger partial charge < -0.3 is 0 Å². The Balaban J connectivity index is 2.89. The Kier molecular flexibility index (Phi) is 2.06. The molecule has 14 heavy (non-hydrogen) atoms. The Morgan fingerprint density at radius 2 is 2.00 bits per heavy atom. The molecule has 0 amide bonds. The number of para-hydroxylation sites is 1. The topological polar surface area (TPSA) is 58.2 Å². The van der Waals surface area contributed by atoms with Gasteiger partial charge in [-0.2, -0.15) is 13.0 Å². The van der Waals surface area contributed by atoms with Gasteiger partial charge in [0, 0.05) is 6.07 Å². The lowest BCUT2D eigenvalue weighted by Crippen LogP contribution is -2.32. The highest BCUT2D eigenvalue weighted by molar-refractivity contribution is 7.88. The van der Waals surface area contributed by atoms with Crippen molar-refractivity contribution in [3.05, 3.63) is 24.3 Å². The van der Waals surface area contributed by atoms with Gasteiger partial charge in [0.1, 0.15) is 11.7 Å². The summed E-state index contributed by atoms with van der Waals surface area (Å²) in [5.74, 6) is 0. The number of benzene rings is 1. The van der Waals surface area contributed by atoms with Crippen LogP contribution >= 0.6 is 11.3 Å². The van der Waals surface area contributed by atoms with Gasteiger partial charge in [-0.25, -0.2) is 0 Å². The fourth-order valence-electron chi connectivity index (χ4n) is 1.31. The average molecular weight is 230 g/mol. The maximum Gasteiger partial charge on any atom is 0.382 e. The fourth-order valence-corrected chi connectivity index (χ4v) is 3.32. The van der Waals surface area contributed by atoms with Crippen LogP contribution in [-0.2, 0) is 17.2 Å². The van der Waals surface area contributed by atoms with Crippen molar-refractivity contribution in [2.75, 3.05) is 0 Å². The lowest BCUT2D eigenvalue weighted by molar-refractivity contribution is -0.678. The first-order chi connectivity index (χ1) is 6.50. The molecule has 1 heterocycles. The average Bonchev–Trinajstić information content (AvgIpc) is 2.44. The van der Waals surface area contributed by atoms with E-state index < -0.39 is 10.1 Å². The number of rotatable bonds is 1. The van der Waals surface area contributed by atoms with Crippen LogP contribution in [0.15, 0.2) is 28.6 Å². The minimum atomic E-state index is -4.11. The zero-order valence-electron chi connectivity index (χ0n) is 7.34. The van der Waals surface area contributed by atoms with Crippen molar-refractivity contribution in [1.82, 2.24) is 0 Å². The van der Waals surface area contributed by atoms with E-state index in [1.165, 1.54) is 4.57 Å². The summed E-state index contributed by atoms with van der Waals surface area (Å²) in [5.41, 5.74) is 0.796. The van der Waals surface area contributed by atoms with E-state index in [2.05, 4.69) is 0 Å². The summed E-state index contributed by atoms with van der Waals surface area (Å²) < 4.78 is 33.1. The summed E-state index contributed by atoms with van der Waals surface area (Å²) in [7, 11) is -2.50. The molecule has 2 rings (SSSR count). The number of hydrogen-bond donors (Lipinski definition) is 1. The first kappa shape index (κ1) is 9.57. The first-order valence-corrected chi connectivity index (χ1v) is 6.11. The molecule has 4 nitrogen and oxygen atoms in total. The number of nitrogens with zero attached hydrogens (tertiary/aromatic N) is 1. The second-order valence-corrected chi connectivity index (χ2v) is 5.50. The van der Waals surface area contributed by atoms with E-state index in [0.29, 0.717) is 0 Å². The van der Waals surface area contributed by atoms with Crippen LogP contribution in [0.2, 0.25) is 0 Å². The summed E-state index contributed by atoms with van der Waals surface area (Å²) in [6, 6.07) is 7.27. The van der Waals surface area contributed by atoms with E-state index in [4.69, 9.17) is 4.55 Å². The number of fused-ring (bicyclic) bond motifs is 1. The SMILES string of the molecule is C[n+]1c(S(=O)(=O)O)sc2ccccc21. The number of aromatic nitrogens is 1. The molecule has 1 aromatic heterocycles. The maximum absolute atomic E-state index is 11.0. The zero-order valence-corrected chi connectivity index (χ0v) is 8.97. The Labute approximate surface area is 85.2 Å². The van der Waals surface area contributed by atoms with Gasteiger partial charge in [0.15, 0.2) is 0 Å². The Hall–Kier alpha value is -0.980. The lowest BCUT2D eigenvalue weighted by Gasteiger charge is -1.86. The van der Waals surface area contributed by atoms with Crippen molar-refractivity contribution >= 4 is 31.7 Å². The van der Waals surface area contributed by atoms with Gasteiger partial charge in [0.05, 0.1) is 0 Å². The molecule has 2 aromatic rings. The van der Waals surface area contributed by atoms with Crippen molar-refractivity contribution in [3.63, 3.8) is 0 Å². The normalized spacial score (nSPS) is 12.1. The molecule has 0 fully saturated rings. The predicted octanol–water partition coefficient (Wildman–Crippen LogP) is 0.973. The molecule has 0 unspecified atom stereocenters. The highest BCUT2D eigenvalue weighted by Gasteiger charge is 2.27. The van der Waals surface area contributed by atoms with Gasteiger partial charge in [-0.3, -0.25) is 4.55 Å². The number of hydrogen-bond acceptors (Lipinski definition) is 3. The zero-order chi connectivity index (χ0) is 10.3. The van der Waals surface area contributed by atoms with Crippen molar-refractivity contribution in [2.24, 2.45) is 7.05 Å². The molecule has 1 aromatic carbocycles. The van der Waals surface area contributed by atoms with Crippen LogP contribution in [0.4, 0.5) is 0 Å². The standard InChI is InChI=1S/C8H7NO3S2/c1-9-6-4-2-3-5-7(6)13-8(9)14(10,11)12/h2-5H,1H3/p+1. The Morgan fingerprint density at radius 3 is 2.57 bits per heavy atom. The highest BCUT2D eigenvalue weighted by Crippen LogP contribution is 2.22. The molecule has 1 N–H and O–H groups in total. The van der Waals surface area contributed by atoms with Gasteiger partial charge in [-0.15, -0.1) is 0 Å². The summed E-state index contributed by atoms with van der Waals surface area (Å²) in [4.78, 5) is 0. The first-order valence-electron chi connectivity index (χ1n) is 3.85. The molecule has 0 saturated heterocycles. The van der Waals surface area contributed by atoms with Crippen molar-refractivity contribution < 1.29 is 17.5 Å². The fraction of sp³-hybridized carbons (Fsp3) is 0.125. The van der Waals surface area contributed by atoms with Crippen LogP contribution in [0.25, 0.3) is 10.2 Å². The van der Waals surface area contributed by atoms with Crippen LogP contribution in [-0.4, -0.2) is 13.0 Å². The second-order valence-electron chi connectivity index (χ2n) is 2.87. The lowest BCUT2D eigenvalue weighted by atomic mass is 10.3. The molecule has 0 aliphatic rings. The van der Waals surface area contributed by atoms with Gasteiger partial charge >= 0.3 is 14.5 Å². The number of thiazole rings is 1. The maximum atomic E-state index is 11.0. The molecule has 0 aliphatic carbocycles. The predicted molar refractivity (Wildman–Crippen MR) is 52.8 cm³/mol. The van der Waals surface area contributed by atoms with Crippen LogP contribution in [0.1, 0.15) is 0 Å². The molecule has 0 spiro atoms. The molecule has 0 aliphatic heterocycles. The Morgan fingerprint density at radius 1 is 1.36 bits per heavy atom. The van der Waals surface area contributed by atoms with E-state index in [9.17, 15) is 8.42 Å². The molecule has 0 radical (unpaired) electrons. The number of aryl methyl sites for hydroxylation is 1.